The molecule has 2 aromatic carbocycles. The highest BCUT2D eigenvalue weighted by molar-refractivity contribution is 7.90. The van der Waals surface area contributed by atoms with E-state index in [9.17, 15) is 12.8 Å². The molecule has 0 spiro atoms. The SMILES string of the molecule is CS(=O)(=O)c1ccc(-c2cnc(-c3ccc(F)cc3)c(CN)c2)cc1. The largest absolute Gasteiger partial charge is 0.326 e. The highest BCUT2D eigenvalue weighted by Crippen LogP contribution is 2.27. The minimum atomic E-state index is -3.23. The van der Waals surface area contributed by atoms with E-state index in [1.165, 1.54) is 18.4 Å². The Bertz CT molecular complexity index is 999. The number of halogens is 1. The Balaban J connectivity index is 2.00. The van der Waals surface area contributed by atoms with Crippen molar-refractivity contribution in [2.24, 2.45) is 5.73 Å². The van der Waals surface area contributed by atoms with Crippen LogP contribution >= 0.6 is 0 Å². The molecule has 0 bridgehead atoms. The highest BCUT2D eigenvalue weighted by Gasteiger charge is 2.10. The Morgan fingerprint density at radius 2 is 1.56 bits per heavy atom. The number of pyridine rings is 1. The fraction of sp³-hybridized carbons (Fsp3) is 0.105. The smallest absolute Gasteiger partial charge is 0.175 e. The lowest BCUT2D eigenvalue weighted by molar-refractivity contribution is 0.602. The van der Waals surface area contributed by atoms with Gasteiger partial charge in [0.25, 0.3) is 0 Å². The summed E-state index contributed by atoms with van der Waals surface area (Å²) < 4.78 is 36.2. The zero-order valence-electron chi connectivity index (χ0n) is 13.6. The number of hydrogen-bond acceptors (Lipinski definition) is 4. The van der Waals surface area contributed by atoms with Crippen LogP contribution in [0, 0.1) is 5.82 Å². The van der Waals surface area contributed by atoms with Gasteiger partial charge in [-0.05, 0) is 53.6 Å². The third-order valence-corrected chi connectivity index (χ3v) is 5.05. The van der Waals surface area contributed by atoms with Gasteiger partial charge in [0.2, 0.25) is 0 Å². The number of rotatable bonds is 4. The van der Waals surface area contributed by atoms with Crippen LogP contribution in [0.25, 0.3) is 22.4 Å². The molecule has 0 unspecified atom stereocenters. The Kier molecular flexibility index (Phi) is 4.65. The molecule has 0 saturated heterocycles. The monoisotopic (exact) mass is 356 g/mol. The van der Waals surface area contributed by atoms with Gasteiger partial charge in [-0.2, -0.15) is 0 Å². The van der Waals surface area contributed by atoms with Crippen LogP contribution in [-0.2, 0) is 16.4 Å². The summed E-state index contributed by atoms with van der Waals surface area (Å²) in [7, 11) is -3.23. The van der Waals surface area contributed by atoms with E-state index in [-0.39, 0.29) is 17.3 Å². The molecule has 0 aliphatic rings. The predicted octanol–water partition coefficient (Wildman–Crippen LogP) is 3.42. The van der Waals surface area contributed by atoms with Crippen molar-refractivity contribution in [3.05, 3.63) is 72.2 Å². The summed E-state index contributed by atoms with van der Waals surface area (Å²) >= 11 is 0. The minimum absolute atomic E-state index is 0.270. The molecule has 3 aromatic rings. The number of nitrogens with zero attached hydrogens (tertiary/aromatic N) is 1. The summed E-state index contributed by atoms with van der Waals surface area (Å²) in [5, 5.41) is 0. The van der Waals surface area contributed by atoms with Gasteiger partial charge in [-0.1, -0.05) is 12.1 Å². The number of benzene rings is 2. The summed E-state index contributed by atoms with van der Waals surface area (Å²) in [6, 6.07) is 14.6. The molecular weight excluding hydrogens is 339 g/mol. The van der Waals surface area contributed by atoms with E-state index in [1.54, 1.807) is 42.6 Å². The molecule has 6 heteroatoms. The predicted molar refractivity (Wildman–Crippen MR) is 96.1 cm³/mol. The Hall–Kier alpha value is -2.57. The van der Waals surface area contributed by atoms with Gasteiger partial charge in [-0.15, -0.1) is 0 Å². The number of nitrogens with two attached hydrogens (primary N) is 1. The number of aromatic nitrogens is 1. The molecule has 0 aliphatic carbocycles. The average molecular weight is 356 g/mol. The first kappa shape index (κ1) is 17.3. The first-order chi connectivity index (χ1) is 11.9. The van der Waals surface area contributed by atoms with E-state index in [0.717, 1.165) is 22.3 Å². The summed E-state index contributed by atoms with van der Waals surface area (Å²) in [5.74, 6) is -0.305. The molecule has 1 aromatic heterocycles. The number of sulfone groups is 1. The van der Waals surface area contributed by atoms with Crippen molar-refractivity contribution >= 4 is 9.84 Å². The van der Waals surface area contributed by atoms with E-state index in [2.05, 4.69) is 4.98 Å². The number of hydrogen-bond donors (Lipinski definition) is 1. The molecule has 0 fully saturated rings. The Morgan fingerprint density at radius 1 is 0.960 bits per heavy atom. The maximum Gasteiger partial charge on any atom is 0.175 e. The van der Waals surface area contributed by atoms with Crippen LogP contribution in [0.4, 0.5) is 4.39 Å². The lowest BCUT2D eigenvalue weighted by atomic mass is 10.0. The average Bonchev–Trinajstić information content (AvgIpc) is 2.61. The third kappa shape index (κ3) is 3.75. The van der Waals surface area contributed by atoms with Crippen molar-refractivity contribution in [2.75, 3.05) is 6.26 Å². The van der Waals surface area contributed by atoms with Gasteiger partial charge in [-0.3, -0.25) is 4.98 Å². The van der Waals surface area contributed by atoms with E-state index in [1.807, 2.05) is 6.07 Å². The van der Waals surface area contributed by atoms with Crippen molar-refractivity contribution < 1.29 is 12.8 Å². The van der Waals surface area contributed by atoms with Gasteiger partial charge < -0.3 is 5.73 Å². The Morgan fingerprint density at radius 3 is 2.12 bits per heavy atom. The molecule has 25 heavy (non-hydrogen) atoms. The van der Waals surface area contributed by atoms with Crippen LogP contribution < -0.4 is 5.73 Å². The van der Waals surface area contributed by atoms with Gasteiger partial charge in [-0.25, -0.2) is 12.8 Å². The standard InChI is InChI=1S/C19H17FN2O2S/c1-25(23,24)18-8-4-13(5-9-18)16-10-15(11-21)19(22-12-16)14-2-6-17(20)7-3-14/h2-10,12H,11,21H2,1H3. The molecule has 0 atom stereocenters. The highest BCUT2D eigenvalue weighted by atomic mass is 32.2. The van der Waals surface area contributed by atoms with Crippen molar-refractivity contribution in [3.8, 4) is 22.4 Å². The van der Waals surface area contributed by atoms with Crippen molar-refractivity contribution in [1.29, 1.82) is 0 Å². The quantitative estimate of drug-likeness (QED) is 0.777. The fourth-order valence-corrected chi connectivity index (χ4v) is 3.22. The van der Waals surface area contributed by atoms with Crippen molar-refractivity contribution in [1.82, 2.24) is 4.98 Å². The van der Waals surface area contributed by atoms with Crippen LogP contribution in [0.15, 0.2) is 65.7 Å². The normalized spacial score (nSPS) is 11.5. The summed E-state index contributed by atoms with van der Waals surface area (Å²) in [4.78, 5) is 4.75. The zero-order valence-corrected chi connectivity index (χ0v) is 14.4. The van der Waals surface area contributed by atoms with E-state index < -0.39 is 9.84 Å². The molecule has 0 saturated carbocycles. The second kappa shape index (κ2) is 6.74. The fourth-order valence-electron chi connectivity index (χ4n) is 2.59. The third-order valence-electron chi connectivity index (χ3n) is 3.92. The first-order valence-electron chi connectivity index (χ1n) is 7.64. The molecule has 3 rings (SSSR count). The zero-order chi connectivity index (χ0) is 18.0. The lowest BCUT2D eigenvalue weighted by Gasteiger charge is -2.10. The summed E-state index contributed by atoms with van der Waals surface area (Å²) in [6.45, 7) is 0.287. The van der Waals surface area contributed by atoms with E-state index >= 15 is 0 Å². The van der Waals surface area contributed by atoms with Crippen LogP contribution in [0.2, 0.25) is 0 Å². The van der Waals surface area contributed by atoms with E-state index in [4.69, 9.17) is 5.73 Å². The van der Waals surface area contributed by atoms with Gasteiger partial charge >= 0.3 is 0 Å². The van der Waals surface area contributed by atoms with Crippen LogP contribution in [-0.4, -0.2) is 19.7 Å². The van der Waals surface area contributed by atoms with Gasteiger partial charge in [0.1, 0.15) is 5.82 Å². The Labute approximate surface area is 146 Å². The van der Waals surface area contributed by atoms with E-state index in [0.29, 0.717) is 5.69 Å². The van der Waals surface area contributed by atoms with Gasteiger partial charge in [0.05, 0.1) is 10.6 Å². The molecule has 2 N–H and O–H groups in total. The molecule has 0 amide bonds. The lowest BCUT2D eigenvalue weighted by Crippen LogP contribution is -2.02. The molecule has 0 radical (unpaired) electrons. The minimum Gasteiger partial charge on any atom is -0.326 e. The van der Waals surface area contributed by atoms with Crippen molar-refractivity contribution in [2.45, 2.75) is 11.4 Å². The molecule has 1 heterocycles. The summed E-state index contributed by atoms with van der Waals surface area (Å²) in [6.07, 6.45) is 2.88. The van der Waals surface area contributed by atoms with Gasteiger partial charge in [0.15, 0.2) is 9.84 Å². The van der Waals surface area contributed by atoms with Crippen LogP contribution in [0.5, 0.6) is 0 Å². The topological polar surface area (TPSA) is 73.0 Å². The second-order valence-corrected chi connectivity index (χ2v) is 7.76. The first-order valence-corrected chi connectivity index (χ1v) is 9.53. The molecular formula is C19H17FN2O2S. The molecule has 4 nitrogen and oxygen atoms in total. The maximum absolute atomic E-state index is 13.1. The molecule has 128 valence electrons. The molecule has 0 aliphatic heterocycles. The van der Waals surface area contributed by atoms with Crippen LogP contribution in [0.1, 0.15) is 5.56 Å². The van der Waals surface area contributed by atoms with Crippen LogP contribution in [0.3, 0.4) is 0 Å². The maximum atomic E-state index is 13.1. The second-order valence-electron chi connectivity index (χ2n) is 5.74. The van der Waals surface area contributed by atoms with Crippen molar-refractivity contribution in [3.63, 3.8) is 0 Å². The summed E-state index contributed by atoms with van der Waals surface area (Å²) in [5.41, 5.74) is 9.87. The van der Waals surface area contributed by atoms with Gasteiger partial charge in [0, 0.05) is 30.1 Å².